The minimum absolute atomic E-state index is 0.117. The predicted molar refractivity (Wildman–Crippen MR) is 117 cm³/mol. The molecule has 0 spiro atoms. The van der Waals surface area contributed by atoms with Gasteiger partial charge in [0, 0.05) is 37.4 Å². The molecule has 1 aromatic carbocycles. The van der Waals surface area contributed by atoms with E-state index in [1.807, 2.05) is 30.3 Å². The molecule has 2 amide bonds. The molecular weight excluding hydrogens is 396 g/mol. The van der Waals surface area contributed by atoms with Crippen molar-refractivity contribution >= 4 is 23.5 Å². The molecule has 7 heteroatoms. The smallest absolute Gasteiger partial charge is 0.303 e. The summed E-state index contributed by atoms with van der Waals surface area (Å²) in [5.41, 5.74) is 0.728. The number of unbranched alkanes of at least 4 members (excludes halogenated alkanes) is 1. The van der Waals surface area contributed by atoms with Gasteiger partial charge in [0.05, 0.1) is 12.2 Å². The van der Waals surface area contributed by atoms with Gasteiger partial charge in [-0.15, -0.1) is 0 Å². The number of carboxylic acid groups (broad SMARTS) is 1. The molecule has 2 aliphatic rings. The minimum Gasteiger partial charge on any atom is -0.481 e. The standard InChI is InChI=1S/C24H32N2O5/c27-22(14-15-23(28)26-17-8-4-3-5-9-17)25-16-19-18(20-12-13-21(19)31-20)10-6-1-2-7-11-24(29)30/h1,3-6,8-9,18-21H,2,7,10-16H2,(H,25,27)(H,26,28)(H,29,30)/b6-1-/t18-,19+,20-,21+/m1/s1. The zero-order valence-electron chi connectivity index (χ0n) is 17.8. The van der Waals surface area contributed by atoms with Gasteiger partial charge < -0.3 is 20.5 Å². The Balaban J connectivity index is 1.37. The SMILES string of the molecule is O=C(O)CCC/C=C\C[C@@H]1[C@H](CNC(=O)CCC(=O)Nc2ccccc2)[C@@H]2CC[C@H]1O2. The first-order chi connectivity index (χ1) is 15.0. The van der Waals surface area contributed by atoms with Crippen LogP contribution in [0.15, 0.2) is 42.5 Å². The highest BCUT2D eigenvalue weighted by Gasteiger charge is 2.47. The number of benzene rings is 1. The van der Waals surface area contributed by atoms with Gasteiger partial charge in [-0.1, -0.05) is 30.4 Å². The molecule has 3 rings (SSSR count). The van der Waals surface area contributed by atoms with E-state index in [-0.39, 0.29) is 49.2 Å². The Kier molecular flexibility index (Phi) is 8.64. The summed E-state index contributed by atoms with van der Waals surface area (Å²) in [6.45, 7) is 0.567. The first-order valence-electron chi connectivity index (χ1n) is 11.2. The number of carbonyl (C=O) groups is 3. The lowest BCUT2D eigenvalue weighted by Crippen LogP contribution is -2.38. The Morgan fingerprint density at radius 2 is 1.68 bits per heavy atom. The molecule has 4 atom stereocenters. The van der Waals surface area contributed by atoms with E-state index >= 15 is 0 Å². The van der Waals surface area contributed by atoms with Crippen LogP contribution in [0.5, 0.6) is 0 Å². The van der Waals surface area contributed by atoms with Crippen LogP contribution in [0.4, 0.5) is 5.69 Å². The number of ether oxygens (including phenoxy) is 1. The molecular formula is C24H32N2O5. The highest BCUT2D eigenvalue weighted by molar-refractivity contribution is 5.93. The Labute approximate surface area is 183 Å². The second-order valence-corrected chi connectivity index (χ2v) is 8.33. The predicted octanol–water partition coefficient (Wildman–Crippen LogP) is 3.52. The van der Waals surface area contributed by atoms with Crippen LogP contribution in [0.1, 0.15) is 51.4 Å². The monoisotopic (exact) mass is 428 g/mol. The molecule has 0 saturated carbocycles. The maximum atomic E-state index is 12.3. The molecule has 2 aliphatic heterocycles. The van der Waals surface area contributed by atoms with Crippen molar-refractivity contribution in [3.63, 3.8) is 0 Å². The maximum Gasteiger partial charge on any atom is 0.303 e. The number of amides is 2. The summed E-state index contributed by atoms with van der Waals surface area (Å²) >= 11 is 0. The number of anilines is 1. The van der Waals surface area contributed by atoms with Crippen LogP contribution in [-0.2, 0) is 19.1 Å². The van der Waals surface area contributed by atoms with E-state index in [4.69, 9.17) is 9.84 Å². The highest BCUT2D eigenvalue weighted by Crippen LogP contribution is 2.44. The van der Waals surface area contributed by atoms with Gasteiger partial charge in [0.1, 0.15) is 0 Å². The molecule has 0 aliphatic carbocycles. The van der Waals surface area contributed by atoms with E-state index in [1.54, 1.807) is 0 Å². The zero-order valence-corrected chi connectivity index (χ0v) is 17.8. The summed E-state index contributed by atoms with van der Waals surface area (Å²) in [6.07, 6.45) is 9.50. The normalized spacial score (nSPS) is 24.4. The van der Waals surface area contributed by atoms with Crippen molar-refractivity contribution in [1.82, 2.24) is 5.32 Å². The van der Waals surface area contributed by atoms with Crippen molar-refractivity contribution in [1.29, 1.82) is 0 Å². The van der Waals surface area contributed by atoms with Gasteiger partial charge >= 0.3 is 5.97 Å². The lowest BCUT2D eigenvalue weighted by molar-refractivity contribution is -0.137. The average Bonchev–Trinajstić information content (AvgIpc) is 3.35. The fourth-order valence-electron chi connectivity index (χ4n) is 4.51. The van der Waals surface area contributed by atoms with Crippen LogP contribution in [-0.4, -0.2) is 41.6 Å². The molecule has 2 fully saturated rings. The summed E-state index contributed by atoms with van der Waals surface area (Å²) in [7, 11) is 0. The number of carboxylic acids is 1. The minimum atomic E-state index is -0.761. The summed E-state index contributed by atoms with van der Waals surface area (Å²) in [4.78, 5) is 34.8. The van der Waals surface area contributed by atoms with Crippen molar-refractivity contribution in [3.8, 4) is 0 Å². The quantitative estimate of drug-likeness (QED) is 0.349. The number of carbonyl (C=O) groups excluding carboxylic acids is 2. The van der Waals surface area contributed by atoms with E-state index in [9.17, 15) is 14.4 Å². The lowest BCUT2D eigenvalue weighted by Gasteiger charge is -2.27. The molecule has 2 heterocycles. The Morgan fingerprint density at radius 1 is 0.968 bits per heavy atom. The number of rotatable bonds is 12. The van der Waals surface area contributed by atoms with E-state index in [0.717, 1.165) is 31.4 Å². The molecule has 2 saturated heterocycles. The van der Waals surface area contributed by atoms with Crippen LogP contribution < -0.4 is 10.6 Å². The molecule has 0 unspecified atom stereocenters. The first-order valence-corrected chi connectivity index (χ1v) is 11.2. The second kappa shape index (κ2) is 11.6. The van der Waals surface area contributed by atoms with Crippen LogP contribution in [0, 0.1) is 11.8 Å². The summed E-state index contributed by atoms with van der Waals surface area (Å²) in [5.74, 6) is -0.395. The number of para-hydroxylation sites is 1. The summed E-state index contributed by atoms with van der Waals surface area (Å²) in [5, 5.41) is 14.5. The highest BCUT2D eigenvalue weighted by atomic mass is 16.5. The Morgan fingerprint density at radius 3 is 2.42 bits per heavy atom. The number of hydrogen-bond acceptors (Lipinski definition) is 4. The van der Waals surface area contributed by atoms with Gasteiger partial charge in [-0.2, -0.15) is 0 Å². The summed E-state index contributed by atoms with van der Waals surface area (Å²) in [6, 6.07) is 9.20. The van der Waals surface area contributed by atoms with E-state index < -0.39 is 5.97 Å². The molecule has 2 bridgehead atoms. The van der Waals surface area contributed by atoms with Crippen molar-refractivity contribution in [3.05, 3.63) is 42.5 Å². The van der Waals surface area contributed by atoms with Gasteiger partial charge in [-0.05, 0) is 50.2 Å². The molecule has 1 aromatic rings. The number of aliphatic carboxylic acids is 1. The second-order valence-electron chi connectivity index (χ2n) is 8.33. The number of fused-ring (bicyclic) bond motifs is 2. The van der Waals surface area contributed by atoms with Crippen LogP contribution in [0.3, 0.4) is 0 Å². The largest absolute Gasteiger partial charge is 0.481 e. The first kappa shape index (κ1) is 23.0. The number of allylic oxidation sites excluding steroid dienone is 2. The topological polar surface area (TPSA) is 105 Å². The Hall–Kier alpha value is -2.67. The molecule has 7 nitrogen and oxygen atoms in total. The van der Waals surface area contributed by atoms with Crippen molar-refractivity contribution < 1.29 is 24.2 Å². The van der Waals surface area contributed by atoms with Gasteiger partial charge in [-0.25, -0.2) is 0 Å². The van der Waals surface area contributed by atoms with Crippen molar-refractivity contribution in [2.45, 2.75) is 63.6 Å². The third-order valence-corrected chi connectivity index (χ3v) is 6.10. The van der Waals surface area contributed by atoms with Gasteiger partial charge in [0.2, 0.25) is 11.8 Å². The van der Waals surface area contributed by atoms with Crippen LogP contribution >= 0.6 is 0 Å². The van der Waals surface area contributed by atoms with Crippen LogP contribution in [0.25, 0.3) is 0 Å². The maximum absolute atomic E-state index is 12.3. The average molecular weight is 429 g/mol. The van der Waals surface area contributed by atoms with Crippen molar-refractivity contribution in [2.75, 3.05) is 11.9 Å². The van der Waals surface area contributed by atoms with Gasteiger partial charge in [0.15, 0.2) is 0 Å². The third-order valence-electron chi connectivity index (χ3n) is 6.10. The molecule has 168 valence electrons. The molecule has 3 N–H and O–H groups in total. The number of nitrogens with one attached hydrogen (secondary N) is 2. The van der Waals surface area contributed by atoms with Crippen molar-refractivity contribution in [2.24, 2.45) is 11.8 Å². The van der Waals surface area contributed by atoms with Crippen LogP contribution in [0.2, 0.25) is 0 Å². The summed E-state index contributed by atoms with van der Waals surface area (Å²) < 4.78 is 6.08. The Bertz CT molecular complexity index is 779. The fourth-order valence-corrected chi connectivity index (χ4v) is 4.51. The van der Waals surface area contributed by atoms with E-state index in [1.165, 1.54) is 0 Å². The fraction of sp³-hybridized carbons (Fsp3) is 0.542. The molecule has 0 aromatic heterocycles. The third kappa shape index (κ3) is 7.21. The lowest BCUT2D eigenvalue weighted by atomic mass is 9.77. The van der Waals surface area contributed by atoms with E-state index in [2.05, 4.69) is 22.8 Å². The molecule has 31 heavy (non-hydrogen) atoms. The number of hydrogen-bond donors (Lipinski definition) is 3. The van der Waals surface area contributed by atoms with E-state index in [0.29, 0.717) is 18.9 Å². The van der Waals surface area contributed by atoms with Gasteiger partial charge in [0.25, 0.3) is 0 Å². The zero-order chi connectivity index (χ0) is 22.1. The van der Waals surface area contributed by atoms with Gasteiger partial charge in [-0.3, -0.25) is 14.4 Å². The molecule has 0 radical (unpaired) electrons.